The Kier molecular flexibility index (Phi) is 4.35. The molecule has 0 atom stereocenters. The van der Waals surface area contributed by atoms with Crippen LogP contribution in [0.5, 0.6) is 0 Å². The molecular weight excluding hydrogens is 280 g/mol. The highest BCUT2D eigenvalue weighted by Crippen LogP contribution is 2.27. The van der Waals surface area contributed by atoms with E-state index >= 15 is 0 Å². The first-order chi connectivity index (χ1) is 9.13. The summed E-state index contributed by atoms with van der Waals surface area (Å²) >= 11 is 7.60. The molecule has 3 nitrogen and oxygen atoms in total. The number of nitrogens with one attached hydrogen (secondary N) is 1. The molecule has 3 N–H and O–H groups in total. The van der Waals surface area contributed by atoms with Crippen LogP contribution in [-0.4, -0.2) is 12.2 Å². The van der Waals surface area contributed by atoms with E-state index in [0.717, 1.165) is 10.6 Å². The molecule has 0 bridgehead atoms. The van der Waals surface area contributed by atoms with Crippen LogP contribution in [0.15, 0.2) is 47.4 Å². The van der Waals surface area contributed by atoms with Crippen molar-refractivity contribution >= 4 is 40.6 Å². The Morgan fingerprint density at radius 2 is 1.95 bits per heavy atom. The van der Waals surface area contributed by atoms with Crippen molar-refractivity contribution in [1.29, 1.82) is 0 Å². The van der Waals surface area contributed by atoms with Crippen molar-refractivity contribution in [2.45, 2.75) is 4.90 Å². The molecule has 0 fully saturated rings. The highest BCUT2D eigenvalue weighted by Gasteiger charge is 2.13. The summed E-state index contributed by atoms with van der Waals surface area (Å²) in [5.74, 6) is -0.265. The maximum atomic E-state index is 12.2. The molecule has 0 spiro atoms. The number of anilines is 2. The fourth-order valence-electron chi connectivity index (χ4n) is 1.66. The number of hydrogen-bond donors (Lipinski definition) is 2. The summed E-state index contributed by atoms with van der Waals surface area (Å²) in [4.78, 5) is 13.2. The maximum absolute atomic E-state index is 12.2. The number of rotatable bonds is 3. The first-order valence-corrected chi connectivity index (χ1v) is 7.22. The molecule has 0 aromatic heterocycles. The Hall–Kier alpha value is -1.65. The van der Waals surface area contributed by atoms with Crippen LogP contribution < -0.4 is 11.1 Å². The third-order valence-electron chi connectivity index (χ3n) is 2.63. The topological polar surface area (TPSA) is 55.1 Å². The molecule has 2 aromatic carbocycles. The first kappa shape index (κ1) is 13.8. The molecule has 0 aliphatic carbocycles. The molecule has 0 radical (unpaired) electrons. The van der Waals surface area contributed by atoms with Crippen LogP contribution in [0.2, 0.25) is 5.02 Å². The SMILES string of the molecule is CSc1ccccc1NC(=O)c1cccc(N)c1Cl. The van der Waals surface area contributed by atoms with Gasteiger partial charge in [0.1, 0.15) is 0 Å². The largest absolute Gasteiger partial charge is 0.398 e. The van der Waals surface area contributed by atoms with Crippen molar-refractivity contribution in [1.82, 2.24) is 0 Å². The first-order valence-electron chi connectivity index (χ1n) is 5.62. The van der Waals surface area contributed by atoms with Gasteiger partial charge in [-0.15, -0.1) is 11.8 Å². The van der Waals surface area contributed by atoms with Gasteiger partial charge in [0.05, 0.1) is 22.0 Å². The second-order valence-electron chi connectivity index (χ2n) is 3.86. The average Bonchev–Trinajstić information content (AvgIpc) is 2.42. The van der Waals surface area contributed by atoms with E-state index in [2.05, 4.69) is 5.32 Å². The minimum Gasteiger partial charge on any atom is -0.398 e. The molecule has 0 saturated heterocycles. The number of halogens is 1. The number of amides is 1. The zero-order chi connectivity index (χ0) is 13.8. The summed E-state index contributed by atoms with van der Waals surface area (Å²) in [6.07, 6.45) is 1.96. The predicted molar refractivity (Wildman–Crippen MR) is 82.0 cm³/mol. The lowest BCUT2D eigenvalue weighted by Gasteiger charge is -2.10. The predicted octanol–water partition coefficient (Wildman–Crippen LogP) is 3.90. The molecule has 0 unspecified atom stereocenters. The number of carbonyl (C=O) groups is 1. The van der Waals surface area contributed by atoms with Crippen LogP contribution in [0, 0.1) is 0 Å². The van der Waals surface area contributed by atoms with Crippen LogP contribution in [0.3, 0.4) is 0 Å². The van der Waals surface area contributed by atoms with Gasteiger partial charge in [-0.05, 0) is 30.5 Å². The van der Waals surface area contributed by atoms with Crippen molar-refractivity contribution < 1.29 is 4.79 Å². The Bertz CT molecular complexity index is 616. The molecular formula is C14H13ClN2OS. The third-order valence-corrected chi connectivity index (χ3v) is 3.85. The molecule has 2 rings (SSSR count). The van der Waals surface area contributed by atoms with E-state index in [9.17, 15) is 4.79 Å². The Labute approximate surface area is 121 Å². The highest BCUT2D eigenvalue weighted by molar-refractivity contribution is 7.98. The van der Waals surface area contributed by atoms with E-state index in [1.165, 1.54) is 0 Å². The summed E-state index contributed by atoms with van der Waals surface area (Å²) in [6, 6.07) is 12.6. The van der Waals surface area contributed by atoms with Gasteiger partial charge in [0.15, 0.2) is 0 Å². The molecule has 0 aliphatic rings. The fourth-order valence-corrected chi connectivity index (χ4v) is 2.43. The van der Waals surface area contributed by atoms with Gasteiger partial charge < -0.3 is 11.1 Å². The fraction of sp³-hybridized carbons (Fsp3) is 0.0714. The average molecular weight is 293 g/mol. The van der Waals surface area contributed by atoms with Crippen LogP contribution in [0.25, 0.3) is 0 Å². The standard InChI is InChI=1S/C14H13ClN2OS/c1-19-12-8-3-2-7-11(12)17-14(18)9-5-4-6-10(16)13(9)15/h2-8H,16H2,1H3,(H,17,18). The molecule has 0 saturated carbocycles. The zero-order valence-electron chi connectivity index (χ0n) is 10.3. The number of hydrogen-bond acceptors (Lipinski definition) is 3. The van der Waals surface area contributed by atoms with Gasteiger partial charge in [0, 0.05) is 4.90 Å². The number of carbonyl (C=O) groups excluding carboxylic acids is 1. The lowest BCUT2D eigenvalue weighted by atomic mass is 10.2. The Morgan fingerprint density at radius 1 is 1.21 bits per heavy atom. The second kappa shape index (κ2) is 5.99. The van der Waals surface area contributed by atoms with E-state index in [4.69, 9.17) is 17.3 Å². The number of nitrogen functional groups attached to an aromatic ring is 1. The monoisotopic (exact) mass is 292 g/mol. The smallest absolute Gasteiger partial charge is 0.257 e. The van der Waals surface area contributed by atoms with E-state index in [0.29, 0.717) is 11.3 Å². The number of nitrogens with two attached hydrogens (primary N) is 1. The lowest BCUT2D eigenvalue weighted by molar-refractivity contribution is 0.102. The number of thioether (sulfide) groups is 1. The van der Waals surface area contributed by atoms with Gasteiger partial charge in [-0.2, -0.15) is 0 Å². The molecule has 98 valence electrons. The summed E-state index contributed by atoms with van der Waals surface area (Å²) in [6.45, 7) is 0. The van der Waals surface area contributed by atoms with Crippen molar-refractivity contribution in [2.75, 3.05) is 17.3 Å². The van der Waals surface area contributed by atoms with Crippen molar-refractivity contribution in [3.05, 3.63) is 53.1 Å². The zero-order valence-corrected chi connectivity index (χ0v) is 11.9. The van der Waals surface area contributed by atoms with Crippen LogP contribution in [0.1, 0.15) is 10.4 Å². The van der Waals surface area contributed by atoms with E-state index in [1.807, 2.05) is 30.5 Å². The van der Waals surface area contributed by atoms with Gasteiger partial charge in [0.2, 0.25) is 0 Å². The van der Waals surface area contributed by atoms with E-state index in [1.54, 1.807) is 30.0 Å². The normalized spacial score (nSPS) is 10.2. The summed E-state index contributed by atoms with van der Waals surface area (Å²) in [7, 11) is 0. The number of benzene rings is 2. The second-order valence-corrected chi connectivity index (χ2v) is 5.09. The minimum absolute atomic E-state index is 0.265. The van der Waals surface area contributed by atoms with Gasteiger partial charge in [0.25, 0.3) is 5.91 Å². The van der Waals surface area contributed by atoms with Crippen LogP contribution in [-0.2, 0) is 0 Å². The maximum Gasteiger partial charge on any atom is 0.257 e. The molecule has 0 heterocycles. The lowest BCUT2D eigenvalue weighted by Crippen LogP contribution is -2.13. The molecule has 19 heavy (non-hydrogen) atoms. The van der Waals surface area contributed by atoms with Crippen LogP contribution in [0.4, 0.5) is 11.4 Å². The van der Waals surface area contributed by atoms with Gasteiger partial charge in [-0.3, -0.25) is 4.79 Å². The van der Waals surface area contributed by atoms with Gasteiger partial charge in [-0.1, -0.05) is 29.8 Å². The highest BCUT2D eigenvalue weighted by atomic mass is 35.5. The van der Waals surface area contributed by atoms with Gasteiger partial charge >= 0.3 is 0 Å². The van der Waals surface area contributed by atoms with Crippen molar-refractivity contribution in [3.8, 4) is 0 Å². The third kappa shape index (κ3) is 3.03. The number of para-hydroxylation sites is 1. The summed E-state index contributed by atoms with van der Waals surface area (Å²) in [5, 5.41) is 3.13. The molecule has 5 heteroatoms. The van der Waals surface area contributed by atoms with Crippen molar-refractivity contribution in [2.24, 2.45) is 0 Å². The Balaban J connectivity index is 2.28. The quantitative estimate of drug-likeness (QED) is 0.666. The minimum atomic E-state index is -0.265. The summed E-state index contributed by atoms with van der Waals surface area (Å²) < 4.78 is 0. The van der Waals surface area contributed by atoms with Crippen LogP contribution >= 0.6 is 23.4 Å². The van der Waals surface area contributed by atoms with E-state index in [-0.39, 0.29) is 10.9 Å². The molecule has 1 amide bonds. The van der Waals surface area contributed by atoms with Crippen molar-refractivity contribution in [3.63, 3.8) is 0 Å². The molecule has 0 aliphatic heterocycles. The Morgan fingerprint density at radius 3 is 2.68 bits per heavy atom. The summed E-state index contributed by atoms with van der Waals surface area (Å²) in [5.41, 5.74) is 7.22. The molecule has 2 aromatic rings. The van der Waals surface area contributed by atoms with Gasteiger partial charge in [-0.25, -0.2) is 0 Å². The van der Waals surface area contributed by atoms with E-state index < -0.39 is 0 Å².